The van der Waals surface area contributed by atoms with Gasteiger partial charge in [0, 0.05) is 28.8 Å². The molecule has 0 atom stereocenters. The highest BCUT2D eigenvalue weighted by Crippen LogP contribution is 2.38. The Balaban J connectivity index is 1.77. The van der Waals surface area contributed by atoms with Gasteiger partial charge in [-0.2, -0.15) is 0 Å². The number of ether oxygens (including phenoxy) is 3. The summed E-state index contributed by atoms with van der Waals surface area (Å²) in [4.78, 5) is 29.1. The van der Waals surface area contributed by atoms with E-state index in [1.54, 1.807) is 28.7 Å². The Morgan fingerprint density at radius 2 is 1.85 bits per heavy atom. The van der Waals surface area contributed by atoms with Crippen molar-refractivity contribution in [2.24, 2.45) is 0 Å². The average Bonchev–Trinajstić information content (AvgIpc) is 3.43. The summed E-state index contributed by atoms with van der Waals surface area (Å²) < 4.78 is 17.8. The quantitative estimate of drug-likeness (QED) is 0.135. The number of carbonyl (C=O) groups excluding carboxylic acids is 1. The molecule has 0 spiro atoms. The summed E-state index contributed by atoms with van der Waals surface area (Å²) in [6.45, 7) is 0. The number of allylic oxidation sites excluding steroid dienone is 1. The molecule has 0 saturated carbocycles. The van der Waals surface area contributed by atoms with Crippen LogP contribution in [0.4, 0.5) is 5.69 Å². The number of ketones is 1. The van der Waals surface area contributed by atoms with Crippen LogP contribution in [0, 0.1) is 10.1 Å². The van der Waals surface area contributed by atoms with Crippen LogP contribution in [0.1, 0.15) is 16.1 Å². The van der Waals surface area contributed by atoms with Gasteiger partial charge in [-0.15, -0.1) is 11.3 Å². The number of aromatic nitrogens is 2. The zero-order valence-electron chi connectivity index (χ0n) is 18.3. The number of benzene rings is 2. The maximum absolute atomic E-state index is 13.0. The summed E-state index contributed by atoms with van der Waals surface area (Å²) in [6.07, 6.45) is 4.83. The van der Waals surface area contributed by atoms with Gasteiger partial charge < -0.3 is 14.2 Å². The van der Waals surface area contributed by atoms with Gasteiger partial charge in [-0.25, -0.2) is 4.98 Å². The zero-order chi connectivity index (χ0) is 24.4. The lowest BCUT2D eigenvalue weighted by molar-refractivity contribution is -0.384. The van der Waals surface area contributed by atoms with Gasteiger partial charge >= 0.3 is 0 Å². The lowest BCUT2D eigenvalue weighted by atomic mass is 10.1. The molecule has 2 aromatic carbocycles. The van der Waals surface area contributed by atoms with Gasteiger partial charge in [0.1, 0.15) is 5.02 Å². The number of carbonyl (C=O) groups is 1. The fraction of sp³-hybridized carbons (Fsp3) is 0.130. The van der Waals surface area contributed by atoms with Crippen molar-refractivity contribution >= 4 is 45.4 Å². The molecule has 0 aliphatic rings. The molecule has 34 heavy (non-hydrogen) atoms. The molecule has 9 nitrogen and oxygen atoms in total. The van der Waals surface area contributed by atoms with E-state index in [1.165, 1.54) is 50.9 Å². The van der Waals surface area contributed by atoms with Gasteiger partial charge in [0.25, 0.3) is 5.69 Å². The molecule has 11 heteroatoms. The summed E-state index contributed by atoms with van der Waals surface area (Å²) in [7, 11) is 4.42. The Hall–Kier alpha value is -3.89. The minimum Gasteiger partial charge on any atom is -0.493 e. The van der Waals surface area contributed by atoms with Crippen LogP contribution < -0.4 is 14.2 Å². The predicted molar refractivity (Wildman–Crippen MR) is 130 cm³/mol. The number of rotatable bonds is 8. The first-order chi connectivity index (χ1) is 16.4. The zero-order valence-corrected chi connectivity index (χ0v) is 19.8. The Morgan fingerprint density at radius 3 is 2.47 bits per heavy atom. The number of nitrogens with zero attached hydrogens (tertiary/aromatic N) is 3. The number of nitro groups is 1. The van der Waals surface area contributed by atoms with Gasteiger partial charge in [0.2, 0.25) is 5.75 Å². The molecule has 4 rings (SSSR count). The SMILES string of the molecule is COc1cc(C(=O)C=Cc2c(-c3ccc(Cl)c([N+](=O)[O-])c3)nc3sccn23)cc(OC)c1OC. The molecule has 2 aromatic heterocycles. The summed E-state index contributed by atoms with van der Waals surface area (Å²) >= 11 is 7.37. The molecule has 0 unspecified atom stereocenters. The van der Waals surface area contributed by atoms with E-state index in [9.17, 15) is 14.9 Å². The number of thiazole rings is 1. The summed E-state index contributed by atoms with van der Waals surface area (Å²) in [6, 6.07) is 7.60. The number of halogens is 1. The molecule has 0 amide bonds. The Morgan fingerprint density at radius 1 is 1.15 bits per heavy atom. The van der Waals surface area contributed by atoms with Crippen LogP contribution in [0.3, 0.4) is 0 Å². The molecule has 0 radical (unpaired) electrons. The molecule has 0 N–H and O–H groups in total. The van der Waals surface area contributed by atoms with Crippen molar-refractivity contribution in [3.05, 3.63) is 74.4 Å². The topological polar surface area (TPSA) is 105 Å². The molecule has 0 aliphatic carbocycles. The van der Waals surface area contributed by atoms with E-state index in [-0.39, 0.29) is 16.5 Å². The summed E-state index contributed by atoms with van der Waals surface area (Å²) in [5.74, 6) is 0.792. The fourth-order valence-corrected chi connectivity index (χ4v) is 4.36. The summed E-state index contributed by atoms with van der Waals surface area (Å²) in [5, 5.41) is 13.2. The lowest BCUT2D eigenvalue weighted by Crippen LogP contribution is -2.00. The molecule has 2 heterocycles. The third-order valence-corrected chi connectivity index (χ3v) is 6.13. The molecule has 4 aromatic rings. The highest BCUT2D eigenvalue weighted by molar-refractivity contribution is 7.15. The largest absolute Gasteiger partial charge is 0.493 e. The van der Waals surface area contributed by atoms with Gasteiger partial charge in [-0.05, 0) is 30.4 Å². The minimum atomic E-state index is -0.548. The van der Waals surface area contributed by atoms with Crippen LogP contribution in [-0.2, 0) is 0 Å². The van der Waals surface area contributed by atoms with Crippen LogP contribution in [0.2, 0.25) is 5.02 Å². The predicted octanol–water partition coefficient (Wildman–Crippen LogP) is 5.55. The van der Waals surface area contributed by atoms with Crippen molar-refractivity contribution in [2.45, 2.75) is 0 Å². The average molecular weight is 500 g/mol. The molecule has 0 aliphatic heterocycles. The Bertz CT molecular complexity index is 1420. The van der Waals surface area contributed by atoms with Crippen molar-refractivity contribution in [2.75, 3.05) is 21.3 Å². The highest BCUT2D eigenvalue weighted by atomic mass is 35.5. The van der Waals surface area contributed by atoms with E-state index in [0.29, 0.717) is 44.7 Å². The number of fused-ring (bicyclic) bond motifs is 1. The molecular weight excluding hydrogens is 482 g/mol. The van der Waals surface area contributed by atoms with Gasteiger partial charge in [0.05, 0.1) is 37.6 Å². The first kappa shape index (κ1) is 23.3. The van der Waals surface area contributed by atoms with E-state index < -0.39 is 4.92 Å². The van der Waals surface area contributed by atoms with Crippen molar-refractivity contribution in [1.29, 1.82) is 0 Å². The molecule has 0 fully saturated rings. The van der Waals surface area contributed by atoms with Gasteiger partial charge in [-0.3, -0.25) is 19.3 Å². The van der Waals surface area contributed by atoms with Crippen molar-refractivity contribution < 1.29 is 23.9 Å². The molecule has 174 valence electrons. The number of hydrogen-bond acceptors (Lipinski definition) is 8. The van der Waals surface area contributed by atoms with Crippen LogP contribution >= 0.6 is 22.9 Å². The summed E-state index contributed by atoms with van der Waals surface area (Å²) in [5.41, 5.74) is 1.69. The van der Waals surface area contributed by atoms with E-state index in [4.69, 9.17) is 25.8 Å². The molecular formula is C23H18ClN3O6S. The number of nitro benzene ring substituents is 1. The van der Waals surface area contributed by atoms with E-state index in [2.05, 4.69) is 4.98 Å². The lowest BCUT2D eigenvalue weighted by Gasteiger charge is -2.13. The maximum atomic E-state index is 13.0. The minimum absolute atomic E-state index is 0.0319. The van der Waals surface area contributed by atoms with Crippen molar-refractivity contribution in [1.82, 2.24) is 9.38 Å². The smallest absolute Gasteiger partial charge is 0.288 e. The normalized spacial score (nSPS) is 11.2. The second-order valence-corrected chi connectivity index (χ2v) is 8.22. The fourth-order valence-electron chi connectivity index (χ4n) is 3.45. The van der Waals surface area contributed by atoms with Crippen LogP contribution in [0.15, 0.2) is 48.0 Å². The van der Waals surface area contributed by atoms with Gasteiger partial charge in [0.15, 0.2) is 22.2 Å². The monoisotopic (exact) mass is 499 g/mol. The second kappa shape index (κ2) is 9.54. The first-order valence-corrected chi connectivity index (χ1v) is 11.1. The first-order valence-electron chi connectivity index (χ1n) is 9.80. The van der Waals surface area contributed by atoms with Crippen molar-refractivity contribution in [3.63, 3.8) is 0 Å². The van der Waals surface area contributed by atoms with Crippen molar-refractivity contribution in [3.8, 4) is 28.5 Å². The van der Waals surface area contributed by atoms with E-state index in [0.717, 1.165) is 0 Å². The highest BCUT2D eigenvalue weighted by Gasteiger charge is 2.20. The Kier molecular flexibility index (Phi) is 6.53. The van der Waals surface area contributed by atoms with Gasteiger partial charge in [-0.1, -0.05) is 17.7 Å². The third kappa shape index (κ3) is 4.20. The second-order valence-electron chi connectivity index (χ2n) is 6.94. The number of methoxy groups -OCH3 is 3. The van der Waals surface area contributed by atoms with E-state index in [1.807, 2.05) is 11.6 Å². The number of hydrogen-bond donors (Lipinski definition) is 0. The molecule has 0 saturated heterocycles. The maximum Gasteiger partial charge on any atom is 0.288 e. The van der Waals surface area contributed by atoms with Crippen LogP contribution in [0.5, 0.6) is 17.2 Å². The standard InChI is InChI=1S/C23H18ClN3O6S/c1-31-19-11-14(12-20(32-2)22(19)33-3)18(28)7-6-16-21(25-23-26(16)8-9-34-23)13-4-5-15(24)17(10-13)27(29)30/h4-12H,1-3H3. The third-order valence-electron chi connectivity index (χ3n) is 5.06. The molecule has 0 bridgehead atoms. The number of imidazole rings is 1. The van der Waals surface area contributed by atoms with Crippen LogP contribution in [0.25, 0.3) is 22.3 Å². The van der Waals surface area contributed by atoms with Crippen LogP contribution in [-0.4, -0.2) is 41.4 Å². The Labute approximate surface area is 202 Å². The van der Waals surface area contributed by atoms with E-state index >= 15 is 0 Å².